The molecule has 3 heteroatoms. The Hall–Kier alpha value is -1.51. The summed E-state index contributed by atoms with van der Waals surface area (Å²) in [6.07, 6.45) is 2.92. The molecule has 0 saturated carbocycles. The number of carbonyl (C=O) groups excluding carboxylic acids is 1. The van der Waals surface area contributed by atoms with Gasteiger partial charge in [-0.1, -0.05) is 41.9 Å². The minimum atomic E-state index is 0.0460. The first-order valence-corrected chi connectivity index (χ1v) is 7.21. The maximum atomic E-state index is 11.3. The Morgan fingerprint density at radius 1 is 1.05 bits per heavy atom. The lowest BCUT2D eigenvalue weighted by Gasteiger charge is -2.23. The van der Waals surface area contributed by atoms with Crippen molar-refractivity contribution in [1.82, 2.24) is 0 Å². The monoisotopic (exact) mass is 286 g/mol. The van der Waals surface area contributed by atoms with Crippen LogP contribution in [-0.4, -0.2) is 6.29 Å². The summed E-state index contributed by atoms with van der Waals surface area (Å²) >= 11 is 7.62. The number of hydrogen-bond acceptors (Lipinski definition) is 2. The maximum Gasteiger partial charge on any atom is 0.147 e. The first-order valence-electron chi connectivity index (χ1n) is 5.96. The van der Waals surface area contributed by atoms with Crippen LogP contribution in [0.5, 0.6) is 0 Å². The van der Waals surface area contributed by atoms with Crippen molar-refractivity contribution < 1.29 is 4.79 Å². The third-order valence-corrected chi connectivity index (χ3v) is 4.76. The maximum absolute atomic E-state index is 11.3. The lowest BCUT2D eigenvalue weighted by Crippen LogP contribution is -2.04. The molecule has 0 aliphatic carbocycles. The first kappa shape index (κ1) is 12.5. The van der Waals surface area contributed by atoms with Crippen LogP contribution in [0.3, 0.4) is 0 Å². The number of hydrogen-bond donors (Lipinski definition) is 0. The molecule has 1 aliphatic heterocycles. The number of halogens is 1. The fourth-order valence-electron chi connectivity index (χ4n) is 2.15. The number of carbonyl (C=O) groups is 1. The third-order valence-electron chi connectivity index (χ3n) is 3.10. The van der Waals surface area contributed by atoms with Gasteiger partial charge in [-0.2, -0.15) is 0 Å². The van der Waals surface area contributed by atoms with Crippen LogP contribution < -0.4 is 0 Å². The molecule has 94 valence electrons. The molecule has 0 bridgehead atoms. The molecule has 2 aromatic rings. The quantitative estimate of drug-likeness (QED) is 0.740. The van der Waals surface area contributed by atoms with Gasteiger partial charge in [-0.25, -0.2) is 0 Å². The minimum Gasteiger partial charge on any atom is -0.298 e. The summed E-state index contributed by atoms with van der Waals surface area (Å²) in [6, 6.07) is 15.8. The van der Waals surface area contributed by atoms with Gasteiger partial charge in [0.25, 0.3) is 0 Å². The Kier molecular flexibility index (Phi) is 3.45. The summed E-state index contributed by atoms with van der Waals surface area (Å²) in [5.41, 5.74) is 3.01. The van der Waals surface area contributed by atoms with E-state index in [1.807, 2.05) is 48.5 Å². The van der Waals surface area contributed by atoms with Crippen molar-refractivity contribution in [3.63, 3.8) is 0 Å². The molecule has 1 nitrogen and oxygen atoms in total. The van der Waals surface area contributed by atoms with Gasteiger partial charge < -0.3 is 0 Å². The highest BCUT2D eigenvalue weighted by molar-refractivity contribution is 8.00. The average Bonchev–Trinajstić information content (AvgIpc) is 2.46. The molecule has 3 rings (SSSR count). The second-order valence-corrected chi connectivity index (χ2v) is 5.93. The molecule has 0 N–H and O–H groups in total. The molecule has 1 heterocycles. The summed E-state index contributed by atoms with van der Waals surface area (Å²) < 4.78 is 0. The Labute approximate surface area is 121 Å². The van der Waals surface area contributed by atoms with Gasteiger partial charge in [0.1, 0.15) is 6.29 Å². The SMILES string of the molecule is O=CC1=Cc2ccccc2S[C@@H]1c1ccc(Cl)cc1. The topological polar surface area (TPSA) is 17.1 Å². The highest BCUT2D eigenvalue weighted by Gasteiger charge is 2.23. The Balaban J connectivity index is 2.04. The molecule has 0 amide bonds. The van der Waals surface area contributed by atoms with Crippen LogP contribution >= 0.6 is 23.4 Å². The third kappa shape index (κ3) is 2.46. The van der Waals surface area contributed by atoms with E-state index in [1.54, 1.807) is 11.8 Å². The minimum absolute atomic E-state index is 0.0460. The van der Waals surface area contributed by atoms with Gasteiger partial charge in [0, 0.05) is 15.5 Å². The Bertz CT molecular complexity index is 646. The molecule has 0 spiro atoms. The van der Waals surface area contributed by atoms with Gasteiger partial charge in [-0.3, -0.25) is 4.79 Å². The van der Waals surface area contributed by atoms with E-state index in [-0.39, 0.29) is 5.25 Å². The van der Waals surface area contributed by atoms with Crippen LogP contribution in [0.2, 0.25) is 5.02 Å². The highest BCUT2D eigenvalue weighted by Crippen LogP contribution is 2.46. The van der Waals surface area contributed by atoms with Gasteiger partial charge in [0.2, 0.25) is 0 Å². The smallest absolute Gasteiger partial charge is 0.147 e. The summed E-state index contributed by atoms with van der Waals surface area (Å²) in [5, 5.41) is 0.756. The van der Waals surface area contributed by atoms with E-state index in [4.69, 9.17) is 11.6 Å². The molecule has 19 heavy (non-hydrogen) atoms. The molecule has 0 saturated heterocycles. The fraction of sp³-hybridized carbons (Fsp3) is 0.0625. The Morgan fingerprint density at radius 2 is 1.79 bits per heavy atom. The molecule has 0 radical (unpaired) electrons. The number of thioether (sulfide) groups is 1. The predicted octanol–water partition coefficient (Wildman–Crippen LogP) is 4.77. The van der Waals surface area contributed by atoms with Crippen LogP contribution in [0.1, 0.15) is 16.4 Å². The van der Waals surface area contributed by atoms with E-state index in [1.165, 1.54) is 4.90 Å². The van der Waals surface area contributed by atoms with Crippen molar-refractivity contribution in [2.45, 2.75) is 10.1 Å². The van der Waals surface area contributed by atoms with Gasteiger partial charge in [0.15, 0.2) is 0 Å². The van der Waals surface area contributed by atoms with E-state index in [0.29, 0.717) is 5.02 Å². The standard InChI is InChI=1S/C16H11ClOS/c17-14-7-5-11(6-8-14)16-13(10-18)9-12-3-1-2-4-15(12)19-16/h1-10,16H/t16-/m1/s1. The number of fused-ring (bicyclic) bond motifs is 1. The zero-order valence-electron chi connectivity index (χ0n) is 10.0. The zero-order chi connectivity index (χ0) is 13.2. The van der Waals surface area contributed by atoms with E-state index < -0.39 is 0 Å². The molecule has 1 atom stereocenters. The molecule has 0 aromatic heterocycles. The number of rotatable bonds is 2. The van der Waals surface area contributed by atoms with E-state index in [0.717, 1.165) is 23.0 Å². The normalized spacial score (nSPS) is 17.5. The lowest BCUT2D eigenvalue weighted by molar-refractivity contribution is -0.104. The largest absolute Gasteiger partial charge is 0.298 e. The van der Waals surface area contributed by atoms with Crippen LogP contribution in [-0.2, 0) is 4.79 Å². The van der Waals surface area contributed by atoms with Gasteiger partial charge in [-0.15, -0.1) is 11.8 Å². The molecular weight excluding hydrogens is 276 g/mol. The highest BCUT2D eigenvalue weighted by atomic mass is 35.5. The summed E-state index contributed by atoms with van der Waals surface area (Å²) in [4.78, 5) is 12.5. The molecule has 2 aromatic carbocycles. The van der Waals surface area contributed by atoms with Crippen molar-refractivity contribution in [3.8, 4) is 0 Å². The van der Waals surface area contributed by atoms with Crippen molar-refractivity contribution >= 4 is 35.7 Å². The van der Waals surface area contributed by atoms with Crippen LogP contribution in [0.4, 0.5) is 0 Å². The van der Waals surface area contributed by atoms with Crippen molar-refractivity contribution in [2.24, 2.45) is 0 Å². The average molecular weight is 287 g/mol. The predicted molar refractivity (Wildman–Crippen MR) is 80.5 cm³/mol. The zero-order valence-corrected chi connectivity index (χ0v) is 11.6. The molecule has 0 fully saturated rings. The van der Waals surface area contributed by atoms with Crippen molar-refractivity contribution in [2.75, 3.05) is 0 Å². The summed E-state index contributed by atoms with van der Waals surface area (Å²) in [5.74, 6) is 0. The van der Waals surface area contributed by atoms with E-state index in [2.05, 4.69) is 6.07 Å². The first-order chi connectivity index (χ1) is 9.28. The lowest BCUT2D eigenvalue weighted by atomic mass is 10.0. The molecule has 1 aliphatic rings. The number of aldehydes is 1. The Morgan fingerprint density at radius 3 is 2.53 bits per heavy atom. The summed E-state index contributed by atoms with van der Waals surface area (Å²) in [6.45, 7) is 0. The second-order valence-electron chi connectivity index (χ2n) is 4.35. The second kappa shape index (κ2) is 5.24. The van der Waals surface area contributed by atoms with E-state index in [9.17, 15) is 4.79 Å². The summed E-state index contributed by atoms with van der Waals surface area (Å²) in [7, 11) is 0. The van der Waals surface area contributed by atoms with Crippen molar-refractivity contribution in [3.05, 3.63) is 70.3 Å². The van der Waals surface area contributed by atoms with Gasteiger partial charge >= 0.3 is 0 Å². The van der Waals surface area contributed by atoms with Gasteiger partial charge in [-0.05, 0) is 35.4 Å². The van der Waals surface area contributed by atoms with Crippen molar-refractivity contribution in [1.29, 1.82) is 0 Å². The molecule has 0 unspecified atom stereocenters. The van der Waals surface area contributed by atoms with Crippen LogP contribution in [0, 0.1) is 0 Å². The number of benzene rings is 2. The molecular formula is C16H11ClOS. The van der Waals surface area contributed by atoms with Gasteiger partial charge in [0.05, 0.1) is 5.25 Å². The van der Waals surface area contributed by atoms with Crippen LogP contribution in [0.15, 0.2) is 59.0 Å². The van der Waals surface area contributed by atoms with Crippen LogP contribution in [0.25, 0.3) is 6.08 Å². The fourth-order valence-corrected chi connectivity index (χ4v) is 3.50. The van der Waals surface area contributed by atoms with E-state index >= 15 is 0 Å².